The van der Waals surface area contributed by atoms with Gasteiger partial charge in [0.05, 0.1) is 17.9 Å². The summed E-state index contributed by atoms with van der Waals surface area (Å²) in [5, 5.41) is 10.2. The van der Waals surface area contributed by atoms with E-state index < -0.39 is 18.6 Å². The molecule has 6 nitrogen and oxygen atoms in total. The number of rotatable bonds is 7. The summed E-state index contributed by atoms with van der Waals surface area (Å²) in [5.41, 5.74) is 2.91. The van der Waals surface area contributed by atoms with E-state index in [0.717, 1.165) is 16.5 Å². The first-order chi connectivity index (χ1) is 15.3. The molecule has 3 heterocycles. The van der Waals surface area contributed by atoms with E-state index in [9.17, 15) is 23.1 Å². The number of hydrogen-bond acceptors (Lipinski definition) is 5. The molecular weight excluding hydrogens is 423 g/mol. The third-order valence-electron chi connectivity index (χ3n) is 5.82. The Hall–Kier alpha value is -3.10. The van der Waals surface area contributed by atoms with Crippen molar-refractivity contribution in [3.8, 4) is 11.3 Å². The summed E-state index contributed by atoms with van der Waals surface area (Å²) in [6.07, 6.45) is 0.110. The van der Waals surface area contributed by atoms with E-state index in [0.29, 0.717) is 56.0 Å². The smallest absolute Gasteiger partial charge is 0.389 e. The van der Waals surface area contributed by atoms with Gasteiger partial charge in [0.2, 0.25) is 0 Å². The highest BCUT2D eigenvalue weighted by Gasteiger charge is 2.28. The van der Waals surface area contributed by atoms with Crippen molar-refractivity contribution < 1.29 is 27.5 Å². The minimum absolute atomic E-state index is 0.0451. The van der Waals surface area contributed by atoms with Crippen LogP contribution in [-0.4, -0.2) is 40.3 Å². The van der Waals surface area contributed by atoms with Crippen molar-refractivity contribution in [2.45, 2.75) is 44.7 Å². The van der Waals surface area contributed by atoms with Crippen LogP contribution in [0, 0.1) is 5.92 Å². The molecule has 170 valence electrons. The average Bonchev–Trinajstić information content (AvgIpc) is 3.24. The van der Waals surface area contributed by atoms with Crippen molar-refractivity contribution in [3.63, 3.8) is 0 Å². The van der Waals surface area contributed by atoms with Crippen molar-refractivity contribution in [1.82, 2.24) is 9.97 Å². The molecule has 1 fully saturated rings. The second kappa shape index (κ2) is 9.18. The summed E-state index contributed by atoms with van der Waals surface area (Å²) in [4.78, 5) is 22.7. The third-order valence-corrected chi connectivity index (χ3v) is 5.82. The van der Waals surface area contributed by atoms with E-state index in [-0.39, 0.29) is 12.3 Å². The van der Waals surface area contributed by atoms with Crippen molar-refractivity contribution >= 4 is 22.8 Å². The Balaban J connectivity index is 1.59. The van der Waals surface area contributed by atoms with Gasteiger partial charge in [-0.15, -0.1) is 0 Å². The van der Waals surface area contributed by atoms with Gasteiger partial charge in [0, 0.05) is 36.7 Å². The Kier molecular flexibility index (Phi) is 6.34. The normalized spacial score (nSPS) is 15.4. The van der Waals surface area contributed by atoms with E-state index in [1.807, 2.05) is 29.2 Å². The lowest BCUT2D eigenvalue weighted by molar-refractivity contribution is -0.142. The van der Waals surface area contributed by atoms with E-state index in [4.69, 9.17) is 9.40 Å². The highest BCUT2D eigenvalue weighted by atomic mass is 19.4. The third kappa shape index (κ3) is 5.20. The Morgan fingerprint density at radius 2 is 1.97 bits per heavy atom. The minimum Gasteiger partial charge on any atom is -0.481 e. The van der Waals surface area contributed by atoms with Crippen LogP contribution in [0.15, 0.2) is 41.1 Å². The molecule has 0 amide bonds. The number of fused-ring (bicyclic) bond motifs is 1. The van der Waals surface area contributed by atoms with Gasteiger partial charge in [0.1, 0.15) is 11.3 Å². The molecule has 0 aliphatic carbocycles. The van der Waals surface area contributed by atoms with Gasteiger partial charge >= 0.3 is 12.1 Å². The maximum Gasteiger partial charge on any atom is 0.389 e. The average molecular weight is 447 g/mol. The molecule has 0 atom stereocenters. The lowest BCUT2D eigenvalue weighted by Gasteiger charge is -2.32. The molecule has 0 spiro atoms. The Bertz CT molecular complexity index is 1090. The molecule has 1 aliphatic heterocycles. The first kappa shape index (κ1) is 22.1. The Morgan fingerprint density at radius 1 is 1.19 bits per heavy atom. The standard InChI is InChI=1S/C23H24F3N3O3/c24-23(25,26)9-2-1-3-18-14-27-20(17-4-5-19-16(13-17)8-12-32-19)21(28-18)29-10-6-15(7-11-29)22(30)31/h4-5,8,12-15H,1-3,6-7,9-11H2,(H,30,31). The van der Waals surface area contributed by atoms with Crippen LogP contribution in [0.1, 0.15) is 37.8 Å². The summed E-state index contributed by atoms with van der Waals surface area (Å²) < 4.78 is 42.7. The number of hydrogen-bond donors (Lipinski definition) is 1. The summed E-state index contributed by atoms with van der Waals surface area (Å²) in [7, 11) is 0. The van der Waals surface area contributed by atoms with Crippen LogP contribution in [0.3, 0.4) is 0 Å². The number of unbranched alkanes of at least 4 members (excludes halogenated alkanes) is 1. The minimum atomic E-state index is -4.15. The number of aliphatic carboxylic acids is 1. The summed E-state index contributed by atoms with van der Waals surface area (Å²) in [6, 6.07) is 7.57. The van der Waals surface area contributed by atoms with Gasteiger partial charge < -0.3 is 14.4 Å². The van der Waals surface area contributed by atoms with Crippen molar-refractivity contribution in [2.24, 2.45) is 5.92 Å². The number of alkyl halides is 3. The number of benzene rings is 1. The van der Waals surface area contributed by atoms with Crippen LogP contribution < -0.4 is 4.90 Å². The van der Waals surface area contributed by atoms with E-state index in [2.05, 4.69) is 4.98 Å². The number of nitrogens with zero attached hydrogens (tertiary/aromatic N) is 3. The maximum absolute atomic E-state index is 12.4. The van der Waals surface area contributed by atoms with Gasteiger partial charge in [-0.25, -0.2) is 4.98 Å². The van der Waals surface area contributed by atoms with Crippen molar-refractivity contribution in [2.75, 3.05) is 18.0 Å². The van der Waals surface area contributed by atoms with E-state index in [1.165, 1.54) is 0 Å². The first-order valence-corrected chi connectivity index (χ1v) is 10.7. The van der Waals surface area contributed by atoms with Gasteiger partial charge in [-0.3, -0.25) is 9.78 Å². The molecule has 0 saturated carbocycles. The predicted molar refractivity (Wildman–Crippen MR) is 113 cm³/mol. The number of furan rings is 1. The van der Waals surface area contributed by atoms with Crippen molar-refractivity contribution in [1.29, 1.82) is 0 Å². The maximum atomic E-state index is 12.4. The number of anilines is 1. The monoisotopic (exact) mass is 447 g/mol. The van der Waals surface area contributed by atoms with Gasteiger partial charge in [0.25, 0.3) is 0 Å². The zero-order valence-corrected chi connectivity index (χ0v) is 17.4. The second-order valence-electron chi connectivity index (χ2n) is 8.13. The fraction of sp³-hybridized carbons (Fsp3) is 0.435. The zero-order valence-electron chi connectivity index (χ0n) is 17.4. The molecule has 9 heteroatoms. The summed E-state index contributed by atoms with van der Waals surface area (Å²) >= 11 is 0. The zero-order chi connectivity index (χ0) is 22.7. The second-order valence-corrected chi connectivity index (χ2v) is 8.13. The molecule has 3 aromatic rings. The predicted octanol–water partition coefficient (Wildman–Crippen LogP) is 5.47. The van der Waals surface area contributed by atoms with E-state index in [1.54, 1.807) is 12.5 Å². The highest BCUT2D eigenvalue weighted by Crippen LogP contribution is 2.33. The molecule has 4 rings (SSSR count). The molecular formula is C23H24F3N3O3. The van der Waals surface area contributed by atoms with Crippen molar-refractivity contribution in [3.05, 3.63) is 42.4 Å². The first-order valence-electron chi connectivity index (χ1n) is 10.7. The number of aromatic nitrogens is 2. The molecule has 1 saturated heterocycles. The Labute approximate surface area is 183 Å². The Morgan fingerprint density at radius 3 is 2.69 bits per heavy atom. The van der Waals surface area contributed by atoms with Crippen LogP contribution in [0.2, 0.25) is 0 Å². The SMILES string of the molecule is O=C(O)C1CCN(c2nc(CCCCC(F)(F)F)cnc2-c2ccc3occc3c2)CC1. The van der Waals surface area contributed by atoms with Crippen LogP contribution in [0.25, 0.3) is 22.2 Å². The molecule has 1 N–H and O–H groups in total. The van der Waals surface area contributed by atoms with Crippen LogP contribution in [0.5, 0.6) is 0 Å². The lowest BCUT2D eigenvalue weighted by Crippen LogP contribution is -2.37. The fourth-order valence-corrected chi connectivity index (χ4v) is 4.04. The van der Waals surface area contributed by atoms with Crippen LogP contribution >= 0.6 is 0 Å². The number of piperidine rings is 1. The van der Waals surface area contributed by atoms with E-state index >= 15 is 0 Å². The summed E-state index contributed by atoms with van der Waals surface area (Å²) in [5.74, 6) is -0.528. The molecule has 0 unspecified atom stereocenters. The van der Waals surface area contributed by atoms with Crippen LogP contribution in [-0.2, 0) is 11.2 Å². The van der Waals surface area contributed by atoms with Crippen LogP contribution in [0.4, 0.5) is 19.0 Å². The van der Waals surface area contributed by atoms with Gasteiger partial charge in [-0.1, -0.05) is 0 Å². The topological polar surface area (TPSA) is 79.5 Å². The molecule has 0 bridgehead atoms. The fourth-order valence-electron chi connectivity index (χ4n) is 4.04. The quantitative estimate of drug-likeness (QED) is 0.484. The number of carboxylic acids is 1. The number of carboxylic acid groups (broad SMARTS) is 1. The van der Waals surface area contributed by atoms with Gasteiger partial charge in [0.15, 0.2) is 5.82 Å². The number of aryl methyl sites for hydroxylation is 1. The highest BCUT2D eigenvalue weighted by molar-refractivity contribution is 5.85. The molecule has 1 aromatic carbocycles. The number of halogens is 3. The summed E-state index contributed by atoms with van der Waals surface area (Å²) in [6.45, 7) is 1.06. The molecule has 32 heavy (non-hydrogen) atoms. The number of carbonyl (C=O) groups is 1. The molecule has 1 aliphatic rings. The van der Waals surface area contributed by atoms with Gasteiger partial charge in [-0.05, 0) is 56.4 Å². The van der Waals surface area contributed by atoms with Gasteiger partial charge in [-0.2, -0.15) is 13.2 Å². The molecule has 0 radical (unpaired) electrons. The lowest BCUT2D eigenvalue weighted by atomic mass is 9.96. The largest absolute Gasteiger partial charge is 0.481 e. The molecule has 2 aromatic heterocycles.